The quantitative estimate of drug-likeness (QED) is 0.843. The van der Waals surface area contributed by atoms with Gasteiger partial charge in [0, 0.05) is 37.4 Å². The first-order valence-corrected chi connectivity index (χ1v) is 9.91. The highest BCUT2D eigenvalue weighted by atomic mass is 16.5. The maximum atomic E-state index is 12.5. The van der Waals surface area contributed by atoms with Crippen LogP contribution in [0.5, 0.6) is 5.75 Å². The van der Waals surface area contributed by atoms with E-state index in [-0.39, 0.29) is 18.2 Å². The van der Waals surface area contributed by atoms with E-state index in [1.807, 2.05) is 48.5 Å². The van der Waals surface area contributed by atoms with Crippen molar-refractivity contribution in [3.05, 3.63) is 48.5 Å². The van der Waals surface area contributed by atoms with Crippen molar-refractivity contribution >= 4 is 28.9 Å². The number of fused-ring (bicyclic) bond motifs is 1. The number of para-hydroxylation sites is 2. The van der Waals surface area contributed by atoms with Crippen LogP contribution in [0.1, 0.15) is 13.3 Å². The van der Waals surface area contributed by atoms with Gasteiger partial charge >= 0.3 is 0 Å². The fourth-order valence-corrected chi connectivity index (χ4v) is 3.60. The van der Waals surface area contributed by atoms with E-state index < -0.39 is 6.10 Å². The van der Waals surface area contributed by atoms with Gasteiger partial charge in [-0.05, 0) is 43.3 Å². The molecule has 2 aromatic carbocycles. The van der Waals surface area contributed by atoms with Gasteiger partial charge in [-0.3, -0.25) is 9.59 Å². The van der Waals surface area contributed by atoms with Crippen LogP contribution in [0.15, 0.2) is 48.5 Å². The Bertz CT molecular complexity index is 878. The summed E-state index contributed by atoms with van der Waals surface area (Å²) in [5.41, 5.74) is 2.57. The molecule has 1 unspecified atom stereocenters. The van der Waals surface area contributed by atoms with Crippen molar-refractivity contribution < 1.29 is 19.1 Å². The molecule has 2 aliphatic heterocycles. The first kappa shape index (κ1) is 19.3. The van der Waals surface area contributed by atoms with Crippen LogP contribution < -0.4 is 19.9 Å². The predicted octanol–water partition coefficient (Wildman–Crippen LogP) is 2.67. The Kier molecular flexibility index (Phi) is 5.67. The highest BCUT2D eigenvalue weighted by Crippen LogP contribution is 2.33. The summed E-state index contributed by atoms with van der Waals surface area (Å²) >= 11 is 0. The van der Waals surface area contributed by atoms with Crippen molar-refractivity contribution in [2.45, 2.75) is 19.4 Å². The number of nitrogens with one attached hydrogen (secondary N) is 1. The van der Waals surface area contributed by atoms with Crippen LogP contribution in [0.4, 0.5) is 17.1 Å². The van der Waals surface area contributed by atoms with Gasteiger partial charge in [-0.25, -0.2) is 0 Å². The standard InChI is InChI=1S/C22H25N3O4/c1-16-22(27)25(19-4-2-3-5-20(19)29-16)11-10-21(26)23-17-6-8-18(9-7-17)24-12-14-28-15-13-24/h2-9,16H,10-15H2,1H3,(H,23,26). The minimum absolute atomic E-state index is 0.131. The zero-order valence-electron chi connectivity index (χ0n) is 16.5. The Hall–Kier alpha value is -3.06. The van der Waals surface area contributed by atoms with E-state index in [4.69, 9.17) is 9.47 Å². The van der Waals surface area contributed by atoms with Gasteiger partial charge in [0.05, 0.1) is 18.9 Å². The Morgan fingerprint density at radius 2 is 1.83 bits per heavy atom. The first-order chi connectivity index (χ1) is 14.1. The molecule has 4 rings (SSSR count). The molecule has 2 aromatic rings. The van der Waals surface area contributed by atoms with E-state index in [0.29, 0.717) is 18.0 Å². The molecule has 29 heavy (non-hydrogen) atoms. The van der Waals surface area contributed by atoms with Crippen molar-refractivity contribution in [3.8, 4) is 5.75 Å². The van der Waals surface area contributed by atoms with Crippen LogP contribution in [-0.4, -0.2) is 50.8 Å². The van der Waals surface area contributed by atoms with Gasteiger partial charge in [0.2, 0.25) is 5.91 Å². The Labute approximate surface area is 170 Å². The lowest BCUT2D eigenvalue weighted by Gasteiger charge is -2.32. The average Bonchev–Trinajstić information content (AvgIpc) is 2.75. The zero-order chi connectivity index (χ0) is 20.2. The molecule has 1 N–H and O–H groups in total. The molecule has 1 fully saturated rings. The molecule has 7 heteroatoms. The molecule has 2 amide bonds. The van der Waals surface area contributed by atoms with Gasteiger partial charge in [-0.15, -0.1) is 0 Å². The average molecular weight is 395 g/mol. The molecule has 0 aliphatic carbocycles. The van der Waals surface area contributed by atoms with Crippen LogP contribution in [0, 0.1) is 0 Å². The number of ether oxygens (including phenoxy) is 2. The molecular weight excluding hydrogens is 370 g/mol. The summed E-state index contributed by atoms with van der Waals surface area (Å²) in [6, 6.07) is 15.2. The van der Waals surface area contributed by atoms with E-state index in [9.17, 15) is 9.59 Å². The Morgan fingerprint density at radius 1 is 1.10 bits per heavy atom. The number of amides is 2. The second-order valence-electron chi connectivity index (χ2n) is 7.16. The summed E-state index contributed by atoms with van der Waals surface area (Å²) in [7, 11) is 0. The molecular formula is C22H25N3O4. The molecule has 2 heterocycles. The summed E-state index contributed by atoms with van der Waals surface area (Å²) in [5, 5.41) is 2.91. The van der Waals surface area contributed by atoms with Gasteiger partial charge in [0.25, 0.3) is 5.91 Å². The lowest BCUT2D eigenvalue weighted by atomic mass is 10.1. The molecule has 0 aromatic heterocycles. The third kappa shape index (κ3) is 4.35. The third-order valence-electron chi connectivity index (χ3n) is 5.16. The van der Waals surface area contributed by atoms with Crippen LogP contribution >= 0.6 is 0 Å². The predicted molar refractivity (Wildman–Crippen MR) is 112 cm³/mol. The van der Waals surface area contributed by atoms with Gasteiger partial charge in [0.1, 0.15) is 5.75 Å². The summed E-state index contributed by atoms with van der Waals surface area (Å²) in [4.78, 5) is 28.8. The molecule has 1 atom stereocenters. The second-order valence-corrected chi connectivity index (χ2v) is 7.16. The number of hydrogen-bond donors (Lipinski definition) is 1. The van der Waals surface area contributed by atoms with Crippen molar-refractivity contribution in [2.75, 3.05) is 48.0 Å². The molecule has 0 saturated carbocycles. The van der Waals surface area contributed by atoms with Gasteiger partial charge in [-0.2, -0.15) is 0 Å². The summed E-state index contributed by atoms with van der Waals surface area (Å²) in [6.45, 7) is 5.25. The summed E-state index contributed by atoms with van der Waals surface area (Å²) < 4.78 is 11.0. The van der Waals surface area contributed by atoms with Crippen LogP contribution in [0.25, 0.3) is 0 Å². The smallest absolute Gasteiger partial charge is 0.267 e. The van der Waals surface area contributed by atoms with Crippen molar-refractivity contribution in [3.63, 3.8) is 0 Å². The van der Waals surface area contributed by atoms with Crippen LogP contribution in [0.3, 0.4) is 0 Å². The lowest BCUT2D eigenvalue weighted by Crippen LogP contribution is -2.45. The Morgan fingerprint density at radius 3 is 2.59 bits per heavy atom. The summed E-state index contributed by atoms with van der Waals surface area (Å²) in [5.74, 6) is 0.402. The molecule has 7 nitrogen and oxygen atoms in total. The van der Waals surface area contributed by atoms with E-state index in [1.54, 1.807) is 11.8 Å². The van der Waals surface area contributed by atoms with E-state index in [1.165, 1.54) is 0 Å². The van der Waals surface area contributed by atoms with Gasteiger partial charge in [-0.1, -0.05) is 12.1 Å². The Balaban J connectivity index is 1.35. The fraction of sp³-hybridized carbons (Fsp3) is 0.364. The highest BCUT2D eigenvalue weighted by Gasteiger charge is 2.31. The largest absolute Gasteiger partial charge is 0.479 e. The minimum Gasteiger partial charge on any atom is -0.479 e. The van der Waals surface area contributed by atoms with Gasteiger partial charge < -0.3 is 24.6 Å². The van der Waals surface area contributed by atoms with Gasteiger partial charge in [0.15, 0.2) is 6.10 Å². The molecule has 0 radical (unpaired) electrons. The molecule has 0 spiro atoms. The number of hydrogen-bond acceptors (Lipinski definition) is 5. The maximum Gasteiger partial charge on any atom is 0.267 e. The minimum atomic E-state index is -0.555. The van der Waals surface area contributed by atoms with E-state index in [0.717, 1.165) is 37.7 Å². The number of rotatable bonds is 5. The fourth-order valence-electron chi connectivity index (χ4n) is 3.60. The topological polar surface area (TPSA) is 71.1 Å². The first-order valence-electron chi connectivity index (χ1n) is 9.91. The number of carbonyl (C=O) groups is 2. The number of anilines is 3. The third-order valence-corrected chi connectivity index (χ3v) is 5.16. The van der Waals surface area contributed by atoms with E-state index in [2.05, 4.69) is 10.2 Å². The second kappa shape index (κ2) is 8.53. The van der Waals surface area contributed by atoms with Crippen LogP contribution in [-0.2, 0) is 14.3 Å². The normalized spacial score (nSPS) is 18.8. The molecule has 1 saturated heterocycles. The van der Waals surface area contributed by atoms with E-state index >= 15 is 0 Å². The number of carbonyl (C=O) groups excluding carboxylic acids is 2. The highest BCUT2D eigenvalue weighted by molar-refractivity contribution is 6.00. The maximum absolute atomic E-state index is 12.5. The number of nitrogens with zero attached hydrogens (tertiary/aromatic N) is 2. The number of benzene rings is 2. The number of morpholine rings is 1. The zero-order valence-corrected chi connectivity index (χ0v) is 16.5. The van der Waals surface area contributed by atoms with Crippen molar-refractivity contribution in [1.29, 1.82) is 0 Å². The molecule has 0 bridgehead atoms. The summed E-state index contributed by atoms with van der Waals surface area (Å²) in [6.07, 6.45) is -0.349. The molecule has 2 aliphatic rings. The van der Waals surface area contributed by atoms with Crippen molar-refractivity contribution in [1.82, 2.24) is 0 Å². The lowest BCUT2D eigenvalue weighted by molar-refractivity contribution is -0.125. The van der Waals surface area contributed by atoms with Crippen LogP contribution in [0.2, 0.25) is 0 Å². The monoisotopic (exact) mass is 395 g/mol. The SMILES string of the molecule is CC1Oc2ccccc2N(CCC(=O)Nc2ccc(N3CCOCC3)cc2)C1=O. The molecule has 152 valence electrons. The van der Waals surface area contributed by atoms with Crippen molar-refractivity contribution in [2.24, 2.45) is 0 Å².